The molecule has 1 nitrogen and oxygen atoms in total. The van der Waals surface area contributed by atoms with Gasteiger partial charge in [0.1, 0.15) is 11.6 Å². The van der Waals surface area contributed by atoms with Gasteiger partial charge in [-0.05, 0) is 43.4 Å². The van der Waals surface area contributed by atoms with Crippen LogP contribution < -0.4 is 0 Å². The average Bonchev–Trinajstić information content (AvgIpc) is 3.07. The van der Waals surface area contributed by atoms with Crippen molar-refractivity contribution < 1.29 is 9.18 Å². The molecule has 86 valence electrons. The molecule has 1 aromatic carbocycles. The lowest BCUT2D eigenvalue weighted by atomic mass is 10.0. The summed E-state index contributed by atoms with van der Waals surface area (Å²) in [6, 6.07) is 5.02. The highest BCUT2D eigenvalue weighted by molar-refractivity contribution is 9.10. The van der Waals surface area contributed by atoms with Crippen molar-refractivity contribution in [1.29, 1.82) is 0 Å². The number of hydrogen-bond acceptors (Lipinski definition) is 1. The molecular weight excluding hydrogens is 271 g/mol. The summed E-state index contributed by atoms with van der Waals surface area (Å²) in [4.78, 5) is 11.6. The molecule has 0 radical (unpaired) electrons. The first kappa shape index (κ1) is 11.8. The van der Waals surface area contributed by atoms with Crippen LogP contribution in [0.3, 0.4) is 0 Å². The predicted octanol–water partition coefficient (Wildman–Crippen LogP) is 3.42. The largest absolute Gasteiger partial charge is 0.298 e. The predicted molar refractivity (Wildman–Crippen MR) is 65.3 cm³/mol. The van der Waals surface area contributed by atoms with Gasteiger partial charge in [0.25, 0.3) is 0 Å². The van der Waals surface area contributed by atoms with Crippen LogP contribution in [0.25, 0.3) is 0 Å². The van der Waals surface area contributed by atoms with Crippen molar-refractivity contribution in [3.05, 3.63) is 35.1 Å². The van der Waals surface area contributed by atoms with E-state index in [0.717, 1.165) is 18.4 Å². The number of rotatable bonds is 4. The molecule has 1 aromatic rings. The van der Waals surface area contributed by atoms with E-state index in [1.165, 1.54) is 6.07 Å². The second-order valence-corrected chi connectivity index (χ2v) is 5.48. The van der Waals surface area contributed by atoms with Gasteiger partial charge in [0.15, 0.2) is 0 Å². The van der Waals surface area contributed by atoms with Crippen LogP contribution in [0.5, 0.6) is 0 Å². The number of Topliss-reactive ketones (excluding diaryl/α,β-unsaturated/α-hetero) is 1. The molecule has 0 N–H and O–H groups in total. The van der Waals surface area contributed by atoms with Gasteiger partial charge >= 0.3 is 0 Å². The highest BCUT2D eigenvalue weighted by Gasteiger charge is 2.33. The Morgan fingerprint density at radius 2 is 2.25 bits per heavy atom. The highest BCUT2D eigenvalue weighted by atomic mass is 79.9. The Bertz CT molecular complexity index is 412. The molecule has 0 aliphatic heterocycles. The number of benzene rings is 1. The summed E-state index contributed by atoms with van der Waals surface area (Å²) in [6.45, 7) is 1.76. The molecule has 1 unspecified atom stereocenters. The maximum Gasteiger partial charge on any atom is 0.149 e. The van der Waals surface area contributed by atoms with Gasteiger partial charge < -0.3 is 0 Å². The molecule has 1 aliphatic rings. The molecule has 0 amide bonds. The molecule has 0 heterocycles. The van der Waals surface area contributed by atoms with Crippen LogP contribution >= 0.6 is 15.9 Å². The van der Waals surface area contributed by atoms with Crippen molar-refractivity contribution in [2.45, 2.75) is 31.0 Å². The van der Waals surface area contributed by atoms with E-state index in [1.54, 1.807) is 13.0 Å². The SMILES string of the molecule is Cc1c(F)cccc1CC(Br)C(=O)C1CC1. The standard InChI is InChI=1S/C13H14BrFO/c1-8-10(3-2-4-12(8)15)7-11(14)13(16)9-5-6-9/h2-4,9,11H,5-7H2,1H3. The number of halogens is 2. The Morgan fingerprint density at radius 3 is 2.88 bits per heavy atom. The van der Waals surface area contributed by atoms with Crippen molar-refractivity contribution >= 4 is 21.7 Å². The number of hydrogen-bond donors (Lipinski definition) is 0. The summed E-state index contributed by atoms with van der Waals surface area (Å²) in [5.41, 5.74) is 1.56. The Kier molecular flexibility index (Phi) is 3.43. The van der Waals surface area contributed by atoms with Crippen LogP contribution in [0, 0.1) is 18.7 Å². The first-order valence-electron chi connectivity index (χ1n) is 5.51. The van der Waals surface area contributed by atoms with Gasteiger partial charge in [0.05, 0.1) is 4.83 Å². The number of alkyl halides is 1. The first-order valence-corrected chi connectivity index (χ1v) is 6.43. The second kappa shape index (κ2) is 4.66. The van der Waals surface area contributed by atoms with E-state index in [4.69, 9.17) is 0 Å². The lowest BCUT2D eigenvalue weighted by molar-refractivity contribution is -0.119. The zero-order valence-corrected chi connectivity index (χ0v) is 10.8. The lowest BCUT2D eigenvalue weighted by Gasteiger charge is -2.11. The maximum atomic E-state index is 13.3. The van der Waals surface area contributed by atoms with Crippen molar-refractivity contribution in [2.24, 2.45) is 5.92 Å². The van der Waals surface area contributed by atoms with Crippen molar-refractivity contribution in [3.63, 3.8) is 0 Å². The topological polar surface area (TPSA) is 17.1 Å². The fourth-order valence-electron chi connectivity index (χ4n) is 1.79. The maximum absolute atomic E-state index is 13.3. The molecule has 1 aliphatic carbocycles. The van der Waals surface area contributed by atoms with Crippen molar-refractivity contribution in [3.8, 4) is 0 Å². The molecule has 3 heteroatoms. The van der Waals surface area contributed by atoms with E-state index in [0.29, 0.717) is 12.0 Å². The van der Waals surface area contributed by atoms with Crippen LogP contribution in [-0.2, 0) is 11.2 Å². The van der Waals surface area contributed by atoms with Crippen LogP contribution in [0.2, 0.25) is 0 Å². The fraction of sp³-hybridized carbons (Fsp3) is 0.462. The molecule has 0 spiro atoms. The zero-order valence-electron chi connectivity index (χ0n) is 9.17. The van der Waals surface area contributed by atoms with E-state index in [1.807, 2.05) is 6.07 Å². The Balaban J connectivity index is 2.08. The Morgan fingerprint density at radius 1 is 1.56 bits per heavy atom. The highest BCUT2D eigenvalue weighted by Crippen LogP contribution is 2.33. The smallest absolute Gasteiger partial charge is 0.149 e. The molecule has 0 bridgehead atoms. The van der Waals surface area contributed by atoms with Crippen molar-refractivity contribution in [1.82, 2.24) is 0 Å². The lowest BCUT2D eigenvalue weighted by Crippen LogP contribution is -2.19. The van der Waals surface area contributed by atoms with E-state index in [2.05, 4.69) is 15.9 Å². The van der Waals surface area contributed by atoms with Crippen LogP contribution in [0.4, 0.5) is 4.39 Å². The third-order valence-corrected chi connectivity index (χ3v) is 3.84. The second-order valence-electron chi connectivity index (χ2n) is 4.37. The summed E-state index contributed by atoms with van der Waals surface area (Å²) in [6.07, 6.45) is 2.62. The number of carbonyl (C=O) groups excluding carboxylic acids is 1. The fourth-order valence-corrected chi connectivity index (χ4v) is 2.51. The minimum absolute atomic E-state index is 0.166. The summed E-state index contributed by atoms with van der Waals surface area (Å²) in [5.74, 6) is 0.318. The van der Waals surface area contributed by atoms with Crippen LogP contribution in [0.1, 0.15) is 24.0 Å². The van der Waals surface area contributed by atoms with Gasteiger partial charge in [0, 0.05) is 5.92 Å². The summed E-state index contributed by atoms with van der Waals surface area (Å²) in [5, 5.41) is 0. The third-order valence-electron chi connectivity index (χ3n) is 3.07. The van der Waals surface area contributed by atoms with Gasteiger partial charge in [-0.3, -0.25) is 4.79 Å². The molecule has 0 aromatic heterocycles. The minimum atomic E-state index is -0.198. The molecular formula is C13H14BrFO. The van der Waals surface area contributed by atoms with Gasteiger partial charge in [-0.1, -0.05) is 28.1 Å². The van der Waals surface area contributed by atoms with E-state index >= 15 is 0 Å². The quantitative estimate of drug-likeness (QED) is 0.775. The van der Waals surface area contributed by atoms with Crippen LogP contribution in [0.15, 0.2) is 18.2 Å². The van der Waals surface area contributed by atoms with Crippen LogP contribution in [-0.4, -0.2) is 10.6 Å². The molecule has 1 atom stereocenters. The van der Waals surface area contributed by atoms with Crippen molar-refractivity contribution in [2.75, 3.05) is 0 Å². The molecule has 2 rings (SSSR count). The molecule has 1 saturated carbocycles. The number of ketones is 1. The summed E-state index contributed by atoms with van der Waals surface area (Å²) >= 11 is 3.41. The zero-order chi connectivity index (χ0) is 11.7. The first-order chi connectivity index (χ1) is 7.59. The normalized spacial score (nSPS) is 17.2. The summed E-state index contributed by atoms with van der Waals surface area (Å²) < 4.78 is 13.3. The molecule has 16 heavy (non-hydrogen) atoms. The van der Waals surface area contributed by atoms with Gasteiger partial charge in [-0.25, -0.2) is 4.39 Å². The Hall–Kier alpha value is -0.700. The summed E-state index contributed by atoms with van der Waals surface area (Å²) in [7, 11) is 0. The Labute approximate surface area is 103 Å². The monoisotopic (exact) mass is 284 g/mol. The van der Waals surface area contributed by atoms with Gasteiger partial charge in [0.2, 0.25) is 0 Å². The van der Waals surface area contributed by atoms with E-state index in [-0.39, 0.29) is 22.3 Å². The van der Waals surface area contributed by atoms with E-state index < -0.39 is 0 Å². The minimum Gasteiger partial charge on any atom is -0.298 e. The van der Waals surface area contributed by atoms with E-state index in [9.17, 15) is 9.18 Å². The third kappa shape index (κ3) is 2.51. The molecule has 1 fully saturated rings. The van der Waals surface area contributed by atoms with Gasteiger partial charge in [-0.15, -0.1) is 0 Å². The van der Waals surface area contributed by atoms with Gasteiger partial charge in [-0.2, -0.15) is 0 Å². The average molecular weight is 285 g/mol. The molecule has 0 saturated heterocycles. The number of carbonyl (C=O) groups is 1.